The molecule has 4 unspecified atom stereocenters. The van der Waals surface area contributed by atoms with Crippen molar-refractivity contribution < 1.29 is 4.74 Å². The average molecular weight is 195 g/mol. The summed E-state index contributed by atoms with van der Waals surface area (Å²) in [5.74, 6) is 0.878. The van der Waals surface area contributed by atoms with Crippen molar-refractivity contribution in [1.82, 2.24) is 0 Å². The summed E-state index contributed by atoms with van der Waals surface area (Å²) in [6, 6.07) is 0. The van der Waals surface area contributed by atoms with Gasteiger partial charge in [-0.15, -0.1) is 0 Å². The zero-order chi connectivity index (χ0) is 9.60. The number of fused-ring (bicyclic) bond motifs is 3. The third kappa shape index (κ3) is 1.10. The van der Waals surface area contributed by atoms with Gasteiger partial charge in [-0.05, 0) is 51.0 Å². The number of hydrogen-bond donors (Lipinski definition) is 1. The van der Waals surface area contributed by atoms with E-state index in [1.54, 1.807) is 0 Å². The molecule has 0 aromatic rings. The van der Waals surface area contributed by atoms with Gasteiger partial charge in [0.25, 0.3) is 0 Å². The molecule has 0 aromatic carbocycles. The minimum Gasteiger partial charge on any atom is -0.374 e. The van der Waals surface area contributed by atoms with Gasteiger partial charge >= 0.3 is 0 Å². The molecule has 2 heteroatoms. The molecule has 1 saturated carbocycles. The normalized spacial score (nSPS) is 50.8. The van der Waals surface area contributed by atoms with Crippen LogP contribution in [0.5, 0.6) is 0 Å². The summed E-state index contributed by atoms with van der Waals surface area (Å²) < 4.78 is 6.05. The third-order valence-electron chi connectivity index (χ3n) is 4.88. The summed E-state index contributed by atoms with van der Waals surface area (Å²) in [6.45, 7) is 0.865. The SMILES string of the molecule is NCCC1CCCC12CC1CCC2O1. The van der Waals surface area contributed by atoms with Crippen LogP contribution in [0.4, 0.5) is 0 Å². The minimum atomic E-state index is 0.572. The van der Waals surface area contributed by atoms with E-state index in [0.29, 0.717) is 17.6 Å². The van der Waals surface area contributed by atoms with E-state index < -0.39 is 0 Å². The smallest absolute Gasteiger partial charge is 0.0639 e. The van der Waals surface area contributed by atoms with Crippen LogP contribution in [0.25, 0.3) is 0 Å². The highest BCUT2D eigenvalue weighted by Crippen LogP contribution is 2.59. The topological polar surface area (TPSA) is 35.2 Å². The molecule has 14 heavy (non-hydrogen) atoms. The fourth-order valence-corrected chi connectivity index (χ4v) is 4.33. The van der Waals surface area contributed by atoms with E-state index >= 15 is 0 Å². The van der Waals surface area contributed by atoms with Crippen molar-refractivity contribution in [3.63, 3.8) is 0 Å². The highest BCUT2D eigenvalue weighted by Gasteiger charge is 2.57. The Morgan fingerprint density at radius 3 is 2.86 bits per heavy atom. The highest BCUT2D eigenvalue weighted by atomic mass is 16.5. The minimum absolute atomic E-state index is 0.572. The third-order valence-corrected chi connectivity index (χ3v) is 4.88. The largest absolute Gasteiger partial charge is 0.374 e. The van der Waals surface area contributed by atoms with E-state index in [-0.39, 0.29) is 0 Å². The molecule has 4 atom stereocenters. The van der Waals surface area contributed by atoms with Crippen molar-refractivity contribution in [2.24, 2.45) is 17.1 Å². The Labute approximate surface area is 86.2 Å². The Bertz CT molecular complexity index is 230. The number of hydrogen-bond acceptors (Lipinski definition) is 2. The second-order valence-corrected chi connectivity index (χ2v) is 5.43. The predicted molar refractivity (Wildman–Crippen MR) is 56.0 cm³/mol. The van der Waals surface area contributed by atoms with Crippen LogP contribution in [0.15, 0.2) is 0 Å². The molecular weight excluding hydrogens is 174 g/mol. The van der Waals surface area contributed by atoms with Gasteiger partial charge in [-0.3, -0.25) is 0 Å². The van der Waals surface area contributed by atoms with E-state index in [1.807, 2.05) is 0 Å². The summed E-state index contributed by atoms with van der Waals surface area (Å²) in [6.07, 6.45) is 10.7. The Balaban J connectivity index is 1.81. The molecule has 2 heterocycles. The molecule has 2 aliphatic heterocycles. The van der Waals surface area contributed by atoms with E-state index in [9.17, 15) is 0 Å². The number of nitrogens with two attached hydrogens (primary N) is 1. The molecule has 3 aliphatic rings. The lowest BCUT2D eigenvalue weighted by atomic mass is 9.66. The first-order valence-corrected chi connectivity index (χ1v) is 6.21. The van der Waals surface area contributed by atoms with Gasteiger partial charge in [0.05, 0.1) is 12.2 Å². The first-order chi connectivity index (χ1) is 6.85. The molecule has 2 nitrogen and oxygen atoms in total. The lowest BCUT2D eigenvalue weighted by molar-refractivity contribution is 0.0393. The molecule has 2 N–H and O–H groups in total. The Kier molecular flexibility index (Phi) is 2.10. The molecule has 3 rings (SSSR count). The zero-order valence-corrected chi connectivity index (χ0v) is 8.87. The average Bonchev–Trinajstić information content (AvgIpc) is 2.84. The van der Waals surface area contributed by atoms with Crippen LogP contribution in [0.3, 0.4) is 0 Å². The predicted octanol–water partition coefficient (Wildman–Crippen LogP) is 2.07. The molecule has 1 spiro atoms. The second kappa shape index (κ2) is 3.21. The second-order valence-electron chi connectivity index (χ2n) is 5.43. The lowest BCUT2D eigenvalue weighted by Crippen LogP contribution is -2.36. The van der Waals surface area contributed by atoms with Crippen LogP contribution < -0.4 is 5.73 Å². The quantitative estimate of drug-likeness (QED) is 0.732. The van der Waals surface area contributed by atoms with Crippen molar-refractivity contribution in [3.8, 4) is 0 Å². The summed E-state index contributed by atoms with van der Waals surface area (Å²) in [7, 11) is 0. The number of rotatable bonds is 2. The van der Waals surface area contributed by atoms with Crippen LogP contribution >= 0.6 is 0 Å². The van der Waals surface area contributed by atoms with Gasteiger partial charge in [-0.25, -0.2) is 0 Å². The summed E-state index contributed by atoms with van der Waals surface area (Å²) in [4.78, 5) is 0. The van der Waals surface area contributed by atoms with Crippen molar-refractivity contribution in [3.05, 3.63) is 0 Å². The summed E-state index contributed by atoms with van der Waals surface area (Å²) in [5.41, 5.74) is 6.29. The van der Waals surface area contributed by atoms with E-state index in [0.717, 1.165) is 12.5 Å². The molecule has 80 valence electrons. The van der Waals surface area contributed by atoms with E-state index in [1.165, 1.54) is 44.9 Å². The Morgan fingerprint density at radius 1 is 1.29 bits per heavy atom. The maximum absolute atomic E-state index is 6.05. The van der Waals surface area contributed by atoms with Gasteiger partial charge < -0.3 is 10.5 Å². The van der Waals surface area contributed by atoms with Crippen LogP contribution in [0.2, 0.25) is 0 Å². The van der Waals surface area contributed by atoms with Crippen molar-refractivity contribution >= 4 is 0 Å². The standard InChI is InChI=1S/C12H21NO/c13-7-5-9-2-1-6-12(9)8-10-3-4-11(12)14-10/h9-11H,1-8,13H2. The highest BCUT2D eigenvalue weighted by molar-refractivity contribution is 5.06. The molecule has 2 bridgehead atoms. The van der Waals surface area contributed by atoms with Gasteiger partial charge in [-0.1, -0.05) is 6.42 Å². The van der Waals surface area contributed by atoms with Gasteiger partial charge in [-0.2, -0.15) is 0 Å². The molecule has 3 fully saturated rings. The molecule has 2 saturated heterocycles. The lowest BCUT2D eigenvalue weighted by Gasteiger charge is -2.37. The van der Waals surface area contributed by atoms with E-state index in [4.69, 9.17) is 10.5 Å². The first-order valence-electron chi connectivity index (χ1n) is 6.21. The maximum Gasteiger partial charge on any atom is 0.0639 e. The molecule has 1 aliphatic carbocycles. The molecule has 0 aromatic heterocycles. The van der Waals surface area contributed by atoms with Gasteiger partial charge in [0.1, 0.15) is 0 Å². The molecule has 0 radical (unpaired) electrons. The summed E-state index contributed by atoms with van der Waals surface area (Å²) >= 11 is 0. The summed E-state index contributed by atoms with van der Waals surface area (Å²) in [5, 5.41) is 0. The Morgan fingerprint density at radius 2 is 2.21 bits per heavy atom. The van der Waals surface area contributed by atoms with Crippen LogP contribution in [0.1, 0.15) is 44.9 Å². The first kappa shape index (κ1) is 9.17. The van der Waals surface area contributed by atoms with Gasteiger partial charge in [0, 0.05) is 5.41 Å². The van der Waals surface area contributed by atoms with Crippen molar-refractivity contribution in [2.75, 3.05) is 6.54 Å². The monoisotopic (exact) mass is 195 g/mol. The van der Waals surface area contributed by atoms with Crippen molar-refractivity contribution in [1.29, 1.82) is 0 Å². The van der Waals surface area contributed by atoms with Crippen LogP contribution in [-0.4, -0.2) is 18.8 Å². The van der Waals surface area contributed by atoms with Crippen LogP contribution in [-0.2, 0) is 4.74 Å². The van der Waals surface area contributed by atoms with Crippen molar-refractivity contribution in [2.45, 2.75) is 57.2 Å². The van der Waals surface area contributed by atoms with Crippen LogP contribution in [0, 0.1) is 11.3 Å². The Hall–Kier alpha value is -0.0800. The number of ether oxygens (including phenoxy) is 1. The zero-order valence-electron chi connectivity index (χ0n) is 8.87. The van der Waals surface area contributed by atoms with Gasteiger partial charge in [0.2, 0.25) is 0 Å². The fraction of sp³-hybridized carbons (Fsp3) is 1.00. The molecule has 0 amide bonds. The maximum atomic E-state index is 6.05. The fourth-order valence-electron chi connectivity index (χ4n) is 4.33. The van der Waals surface area contributed by atoms with E-state index in [2.05, 4.69) is 0 Å². The molecular formula is C12H21NO. The van der Waals surface area contributed by atoms with Gasteiger partial charge in [0.15, 0.2) is 0 Å².